The number of rotatable bonds is 5. The molecule has 2 aromatic rings. The van der Waals surface area contributed by atoms with Crippen molar-refractivity contribution in [3.8, 4) is 17.0 Å². The number of unbranched alkanes of at least 4 members (excludes halogenated alkanes) is 1. The first kappa shape index (κ1) is 12.6. The Kier molecular flexibility index (Phi) is 4.35. The molecule has 1 aromatic heterocycles. The van der Waals surface area contributed by atoms with E-state index in [1.165, 1.54) is 18.4 Å². The average Bonchev–Trinajstić information content (AvgIpc) is 2.45. The Balaban J connectivity index is 2.47. The molecule has 0 amide bonds. The fourth-order valence-electron chi connectivity index (χ4n) is 2.12. The van der Waals surface area contributed by atoms with E-state index in [1.807, 2.05) is 30.5 Å². The Morgan fingerprint density at radius 1 is 1.11 bits per heavy atom. The van der Waals surface area contributed by atoms with Gasteiger partial charge >= 0.3 is 0 Å². The molecule has 94 valence electrons. The number of ether oxygens (including phenoxy) is 1. The number of nitrogens with zero attached hydrogens (tertiary/aromatic N) is 1. The number of methoxy groups -OCH3 is 1. The van der Waals surface area contributed by atoms with Crippen LogP contribution in [0.5, 0.6) is 5.75 Å². The Hall–Kier alpha value is -1.83. The van der Waals surface area contributed by atoms with E-state index in [2.05, 4.69) is 24.0 Å². The van der Waals surface area contributed by atoms with Gasteiger partial charge in [-0.1, -0.05) is 31.5 Å². The van der Waals surface area contributed by atoms with Gasteiger partial charge < -0.3 is 4.74 Å². The monoisotopic (exact) mass is 241 g/mol. The molecular formula is C16H19NO. The molecule has 0 aliphatic heterocycles. The van der Waals surface area contributed by atoms with Gasteiger partial charge in [-0.3, -0.25) is 4.98 Å². The van der Waals surface area contributed by atoms with Crippen molar-refractivity contribution in [2.24, 2.45) is 0 Å². The number of pyridine rings is 1. The second kappa shape index (κ2) is 6.20. The standard InChI is InChI=1S/C16H19NO/c1-3-4-8-13-9-7-11-15(18-2)16(13)14-10-5-6-12-17-14/h5-7,9-12H,3-4,8H2,1-2H3. The van der Waals surface area contributed by atoms with Crippen molar-refractivity contribution < 1.29 is 4.74 Å². The van der Waals surface area contributed by atoms with Crippen LogP contribution in [0.3, 0.4) is 0 Å². The third-order valence-corrected chi connectivity index (χ3v) is 3.05. The van der Waals surface area contributed by atoms with Gasteiger partial charge in [0.2, 0.25) is 0 Å². The lowest BCUT2D eigenvalue weighted by Gasteiger charge is -2.13. The number of aromatic nitrogens is 1. The molecule has 0 bridgehead atoms. The summed E-state index contributed by atoms with van der Waals surface area (Å²) >= 11 is 0. The number of aryl methyl sites for hydroxylation is 1. The normalized spacial score (nSPS) is 10.3. The molecule has 0 atom stereocenters. The first-order valence-corrected chi connectivity index (χ1v) is 6.44. The van der Waals surface area contributed by atoms with Crippen molar-refractivity contribution >= 4 is 0 Å². The number of hydrogen-bond donors (Lipinski definition) is 0. The number of hydrogen-bond acceptors (Lipinski definition) is 2. The summed E-state index contributed by atoms with van der Waals surface area (Å²) < 4.78 is 5.48. The summed E-state index contributed by atoms with van der Waals surface area (Å²) in [4.78, 5) is 4.45. The minimum absolute atomic E-state index is 0.905. The van der Waals surface area contributed by atoms with Gasteiger partial charge in [0.25, 0.3) is 0 Å². The van der Waals surface area contributed by atoms with Gasteiger partial charge in [0.15, 0.2) is 0 Å². The predicted octanol–water partition coefficient (Wildman–Crippen LogP) is 4.10. The van der Waals surface area contributed by atoms with Gasteiger partial charge in [0.05, 0.1) is 12.8 Å². The van der Waals surface area contributed by atoms with Crippen molar-refractivity contribution in [1.82, 2.24) is 4.98 Å². The van der Waals surface area contributed by atoms with E-state index >= 15 is 0 Å². The molecule has 0 aliphatic rings. The van der Waals surface area contributed by atoms with Gasteiger partial charge in [-0.25, -0.2) is 0 Å². The Bertz CT molecular complexity index is 494. The van der Waals surface area contributed by atoms with Crippen molar-refractivity contribution in [3.05, 3.63) is 48.2 Å². The molecule has 0 aliphatic carbocycles. The summed E-state index contributed by atoms with van der Waals surface area (Å²) in [6, 6.07) is 12.2. The van der Waals surface area contributed by atoms with Gasteiger partial charge in [-0.2, -0.15) is 0 Å². The smallest absolute Gasteiger partial charge is 0.128 e. The molecule has 1 aromatic carbocycles. The molecule has 2 nitrogen and oxygen atoms in total. The van der Waals surface area contributed by atoms with E-state index in [0.29, 0.717) is 0 Å². The van der Waals surface area contributed by atoms with Crippen LogP contribution in [0.15, 0.2) is 42.6 Å². The van der Waals surface area contributed by atoms with Crippen LogP contribution in [0.25, 0.3) is 11.3 Å². The molecule has 0 saturated carbocycles. The van der Waals surface area contributed by atoms with Crippen molar-refractivity contribution in [3.63, 3.8) is 0 Å². The van der Waals surface area contributed by atoms with E-state index < -0.39 is 0 Å². The van der Waals surface area contributed by atoms with Crippen molar-refractivity contribution in [2.45, 2.75) is 26.2 Å². The largest absolute Gasteiger partial charge is 0.496 e. The third-order valence-electron chi connectivity index (χ3n) is 3.05. The SMILES string of the molecule is CCCCc1cccc(OC)c1-c1ccccn1. The highest BCUT2D eigenvalue weighted by Gasteiger charge is 2.11. The zero-order valence-electron chi connectivity index (χ0n) is 11.0. The maximum Gasteiger partial charge on any atom is 0.128 e. The molecule has 0 spiro atoms. The molecule has 2 heteroatoms. The number of benzene rings is 1. The maximum atomic E-state index is 5.48. The van der Waals surface area contributed by atoms with Gasteiger partial charge in [0, 0.05) is 11.8 Å². The quantitative estimate of drug-likeness (QED) is 0.786. The lowest BCUT2D eigenvalue weighted by atomic mass is 9.98. The molecule has 0 N–H and O–H groups in total. The van der Waals surface area contributed by atoms with Crippen LogP contribution < -0.4 is 4.74 Å². The van der Waals surface area contributed by atoms with E-state index in [9.17, 15) is 0 Å². The average molecular weight is 241 g/mol. The fraction of sp³-hybridized carbons (Fsp3) is 0.312. The highest BCUT2D eigenvalue weighted by Crippen LogP contribution is 2.32. The zero-order valence-corrected chi connectivity index (χ0v) is 11.0. The molecule has 18 heavy (non-hydrogen) atoms. The van der Waals surface area contributed by atoms with Crippen LogP contribution in [0.1, 0.15) is 25.3 Å². The fourth-order valence-corrected chi connectivity index (χ4v) is 2.12. The van der Waals surface area contributed by atoms with Gasteiger partial charge in [-0.05, 0) is 36.6 Å². The summed E-state index contributed by atoms with van der Waals surface area (Å²) in [7, 11) is 1.71. The van der Waals surface area contributed by atoms with E-state index in [0.717, 1.165) is 23.4 Å². The first-order chi connectivity index (χ1) is 8.86. The maximum absolute atomic E-state index is 5.48. The Labute approximate surface area is 109 Å². The molecule has 0 fully saturated rings. The zero-order chi connectivity index (χ0) is 12.8. The van der Waals surface area contributed by atoms with Crippen LogP contribution in [-0.4, -0.2) is 12.1 Å². The lowest BCUT2D eigenvalue weighted by Crippen LogP contribution is -1.96. The van der Waals surface area contributed by atoms with Crippen molar-refractivity contribution in [2.75, 3.05) is 7.11 Å². The van der Waals surface area contributed by atoms with Crippen LogP contribution >= 0.6 is 0 Å². The van der Waals surface area contributed by atoms with Crippen LogP contribution in [-0.2, 0) is 6.42 Å². The predicted molar refractivity (Wildman–Crippen MR) is 74.8 cm³/mol. The van der Waals surface area contributed by atoms with Gasteiger partial charge in [-0.15, -0.1) is 0 Å². The summed E-state index contributed by atoms with van der Waals surface area (Å²) in [5, 5.41) is 0. The molecule has 0 unspecified atom stereocenters. The third kappa shape index (κ3) is 2.70. The van der Waals surface area contributed by atoms with Crippen molar-refractivity contribution in [1.29, 1.82) is 0 Å². The van der Waals surface area contributed by atoms with Crippen LogP contribution in [0, 0.1) is 0 Å². The first-order valence-electron chi connectivity index (χ1n) is 6.44. The highest BCUT2D eigenvalue weighted by molar-refractivity contribution is 5.71. The second-order valence-corrected chi connectivity index (χ2v) is 4.31. The summed E-state index contributed by atoms with van der Waals surface area (Å²) in [6.07, 6.45) is 5.27. The molecular weight excluding hydrogens is 222 g/mol. The molecule has 2 rings (SSSR count). The minimum atomic E-state index is 0.905. The Morgan fingerprint density at radius 2 is 2.00 bits per heavy atom. The summed E-state index contributed by atoms with van der Waals surface area (Å²) in [5.41, 5.74) is 3.44. The lowest BCUT2D eigenvalue weighted by molar-refractivity contribution is 0.416. The summed E-state index contributed by atoms with van der Waals surface area (Å²) in [5.74, 6) is 0.905. The van der Waals surface area contributed by atoms with E-state index in [-0.39, 0.29) is 0 Å². The van der Waals surface area contributed by atoms with E-state index in [4.69, 9.17) is 4.74 Å². The summed E-state index contributed by atoms with van der Waals surface area (Å²) in [6.45, 7) is 2.21. The highest BCUT2D eigenvalue weighted by atomic mass is 16.5. The van der Waals surface area contributed by atoms with Gasteiger partial charge in [0.1, 0.15) is 5.75 Å². The topological polar surface area (TPSA) is 22.1 Å². The Morgan fingerprint density at radius 3 is 2.67 bits per heavy atom. The molecule has 0 radical (unpaired) electrons. The van der Waals surface area contributed by atoms with Crippen LogP contribution in [0.4, 0.5) is 0 Å². The van der Waals surface area contributed by atoms with Crippen LogP contribution in [0.2, 0.25) is 0 Å². The second-order valence-electron chi connectivity index (χ2n) is 4.31. The minimum Gasteiger partial charge on any atom is -0.496 e. The molecule has 1 heterocycles. The van der Waals surface area contributed by atoms with E-state index in [1.54, 1.807) is 7.11 Å². The molecule has 0 saturated heterocycles.